The van der Waals surface area contributed by atoms with E-state index in [0.717, 1.165) is 41.6 Å². The molecule has 0 radical (unpaired) electrons. The van der Waals surface area contributed by atoms with Gasteiger partial charge in [-0.3, -0.25) is 9.69 Å². The third kappa shape index (κ3) is 5.96. The predicted octanol–water partition coefficient (Wildman–Crippen LogP) is 5.41. The van der Waals surface area contributed by atoms with Crippen molar-refractivity contribution in [3.05, 3.63) is 104 Å². The Morgan fingerprint density at radius 2 is 1.74 bits per heavy atom. The van der Waals surface area contributed by atoms with Crippen LogP contribution in [0.5, 0.6) is 0 Å². The first-order valence-corrected chi connectivity index (χ1v) is 13.5. The van der Waals surface area contributed by atoms with Gasteiger partial charge < -0.3 is 16.0 Å². The fourth-order valence-electron chi connectivity index (χ4n) is 5.26. The largest absolute Gasteiger partial charge is 0.350 e. The lowest BCUT2D eigenvalue weighted by atomic mass is 9.96. The number of aryl methyl sites for hydroxylation is 1. The number of nitrogens with zero attached hydrogens (tertiary/aromatic N) is 1. The van der Waals surface area contributed by atoms with Crippen molar-refractivity contribution in [1.82, 2.24) is 20.9 Å². The maximum Gasteiger partial charge on any atom is 0.315 e. The van der Waals surface area contributed by atoms with E-state index in [1.54, 1.807) is 18.2 Å². The van der Waals surface area contributed by atoms with Crippen molar-refractivity contribution in [2.75, 3.05) is 19.6 Å². The Balaban J connectivity index is 1.12. The topological polar surface area (TPSA) is 73.5 Å². The molecule has 0 saturated carbocycles. The molecule has 38 heavy (non-hydrogen) atoms. The lowest BCUT2D eigenvalue weighted by Crippen LogP contribution is -2.41. The molecule has 3 aromatic carbocycles. The smallest absolute Gasteiger partial charge is 0.315 e. The van der Waals surface area contributed by atoms with E-state index in [0.29, 0.717) is 29.6 Å². The van der Waals surface area contributed by atoms with Crippen molar-refractivity contribution >= 4 is 35.1 Å². The molecule has 1 aliphatic heterocycles. The van der Waals surface area contributed by atoms with Gasteiger partial charge in [0.25, 0.3) is 5.91 Å². The highest BCUT2D eigenvalue weighted by atomic mass is 35.5. The van der Waals surface area contributed by atoms with Gasteiger partial charge in [0.2, 0.25) is 0 Å². The molecule has 0 unspecified atom stereocenters. The summed E-state index contributed by atoms with van der Waals surface area (Å²) < 4.78 is 13.2. The standard InChI is InChI=1S/C29H29Cl2FN4O2/c30-24-15-20-17-36(16-18-5-8-21(32)9-6-18)14-11-23(20)27(31)26(24)28(37)33-12-13-34-29(38)35-25-10-7-19-3-1-2-4-22(19)25/h1-6,8-9,15,25H,7,10-14,16-17H2,(H,33,37)(H2,34,35,38)/t25-/m1/s1. The third-order valence-corrected chi connectivity index (χ3v) is 7.88. The zero-order valence-corrected chi connectivity index (χ0v) is 22.3. The molecule has 0 fully saturated rings. The van der Waals surface area contributed by atoms with Crippen molar-refractivity contribution in [2.45, 2.75) is 38.4 Å². The zero-order valence-electron chi connectivity index (χ0n) is 20.8. The third-order valence-electron chi connectivity index (χ3n) is 7.16. The summed E-state index contributed by atoms with van der Waals surface area (Å²) in [5.41, 5.74) is 5.61. The first-order chi connectivity index (χ1) is 18.4. The summed E-state index contributed by atoms with van der Waals surface area (Å²) in [6.45, 7) is 2.59. The van der Waals surface area contributed by atoms with Gasteiger partial charge in [-0.05, 0) is 65.3 Å². The average Bonchev–Trinajstić information content (AvgIpc) is 3.30. The average molecular weight is 555 g/mol. The molecule has 2 aliphatic rings. The summed E-state index contributed by atoms with van der Waals surface area (Å²) >= 11 is 13.2. The number of fused-ring (bicyclic) bond motifs is 2. The molecule has 198 valence electrons. The van der Waals surface area contributed by atoms with E-state index >= 15 is 0 Å². The number of carbonyl (C=O) groups is 2. The second-order valence-electron chi connectivity index (χ2n) is 9.72. The molecule has 1 aliphatic carbocycles. The minimum atomic E-state index is -0.372. The molecule has 3 amide bonds. The highest BCUT2D eigenvalue weighted by Crippen LogP contribution is 2.35. The Hall–Kier alpha value is -3.13. The number of halogens is 3. The number of rotatable bonds is 7. The van der Waals surface area contributed by atoms with Crippen molar-refractivity contribution < 1.29 is 14.0 Å². The number of benzene rings is 3. The fraction of sp³-hybridized carbons (Fsp3) is 0.310. The van der Waals surface area contributed by atoms with Crippen LogP contribution in [0.3, 0.4) is 0 Å². The van der Waals surface area contributed by atoms with Crippen LogP contribution in [0.2, 0.25) is 10.0 Å². The maximum atomic E-state index is 13.2. The highest BCUT2D eigenvalue weighted by molar-refractivity contribution is 6.40. The summed E-state index contributed by atoms with van der Waals surface area (Å²) in [6.07, 6.45) is 2.51. The van der Waals surface area contributed by atoms with Crippen molar-refractivity contribution in [3.8, 4) is 0 Å². The number of nitrogens with one attached hydrogen (secondary N) is 3. The van der Waals surface area contributed by atoms with Crippen LogP contribution in [-0.4, -0.2) is 36.5 Å². The molecule has 5 rings (SSSR count). The molecule has 0 bridgehead atoms. The second kappa shape index (κ2) is 11.7. The van der Waals surface area contributed by atoms with E-state index in [2.05, 4.69) is 26.9 Å². The van der Waals surface area contributed by atoms with Crippen LogP contribution in [0.1, 0.15) is 50.6 Å². The minimum absolute atomic E-state index is 0.000476. The zero-order chi connectivity index (χ0) is 26.6. The van der Waals surface area contributed by atoms with Gasteiger partial charge in [-0.2, -0.15) is 0 Å². The van der Waals surface area contributed by atoms with Gasteiger partial charge in [-0.15, -0.1) is 0 Å². The van der Waals surface area contributed by atoms with E-state index < -0.39 is 0 Å². The molecule has 0 saturated heterocycles. The van der Waals surface area contributed by atoms with Gasteiger partial charge in [0.05, 0.1) is 21.7 Å². The first kappa shape index (κ1) is 26.5. The van der Waals surface area contributed by atoms with Crippen LogP contribution < -0.4 is 16.0 Å². The summed E-state index contributed by atoms with van der Waals surface area (Å²) in [5.74, 6) is -0.625. The van der Waals surface area contributed by atoms with Crippen LogP contribution >= 0.6 is 23.2 Å². The summed E-state index contributed by atoms with van der Waals surface area (Å²) in [7, 11) is 0. The number of hydrogen-bond donors (Lipinski definition) is 3. The quantitative estimate of drug-likeness (QED) is 0.342. The van der Waals surface area contributed by atoms with E-state index in [4.69, 9.17) is 23.2 Å². The number of hydrogen-bond acceptors (Lipinski definition) is 3. The molecule has 1 atom stereocenters. The van der Waals surface area contributed by atoms with Crippen LogP contribution in [0.25, 0.3) is 0 Å². The van der Waals surface area contributed by atoms with Gasteiger partial charge in [-0.25, -0.2) is 9.18 Å². The van der Waals surface area contributed by atoms with E-state index in [-0.39, 0.29) is 42.5 Å². The Morgan fingerprint density at radius 3 is 2.55 bits per heavy atom. The van der Waals surface area contributed by atoms with Gasteiger partial charge in [0, 0.05) is 32.7 Å². The molecule has 9 heteroatoms. The van der Waals surface area contributed by atoms with Crippen molar-refractivity contribution in [3.63, 3.8) is 0 Å². The van der Waals surface area contributed by atoms with Crippen LogP contribution in [-0.2, 0) is 25.9 Å². The van der Waals surface area contributed by atoms with Crippen LogP contribution in [0.15, 0.2) is 54.6 Å². The Labute approximate surface area is 231 Å². The van der Waals surface area contributed by atoms with Gasteiger partial charge in [0.15, 0.2) is 0 Å². The lowest BCUT2D eigenvalue weighted by Gasteiger charge is -2.30. The molecule has 1 heterocycles. The second-order valence-corrected chi connectivity index (χ2v) is 10.5. The SMILES string of the molecule is O=C(NCCNC(=O)c1c(Cl)cc2c(c1Cl)CCN(Cc1ccc(F)cc1)C2)N[C@@H]1CCc2ccccc21. The van der Waals surface area contributed by atoms with Crippen LogP contribution in [0.4, 0.5) is 9.18 Å². The molecule has 0 spiro atoms. The first-order valence-electron chi connectivity index (χ1n) is 12.8. The van der Waals surface area contributed by atoms with Crippen LogP contribution in [0, 0.1) is 5.82 Å². The van der Waals surface area contributed by atoms with Gasteiger partial charge in [-0.1, -0.05) is 59.6 Å². The summed E-state index contributed by atoms with van der Waals surface area (Å²) in [6, 6.07) is 16.1. The fourth-order valence-corrected chi connectivity index (χ4v) is 6.02. The molecule has 3 N–H and O–H groups in total. The number of amides is 3. The van der Waals surface area contributed by atoms with Gasteiger partial charge in [0.1, 0.15) is 5.82 Å². The number of carbonyl (C=O) groups excluding carboxylic acids is 2. The minimum Gasteiger partial charge on any atom is -0.350 e. The Morgan fingerprint density at radius 1 is 0.974 bits per heavy atom. The monoisotopic (exact) mass is 554 g/mol. The molecular weight excluding hydrogens is 526 g/mol. The Bertz CT molecular complexity index is 1350. The van der Waals surface area contributed by atoms with E-state index in [1.807, 2.05) is 18.2 Å². The normalized spacial score (nSPS) is 16.4. The van der Waals surface area contributed by atoms with Crippen molar-refractivity contribution in [2.24, 2.45) is 0 Å². The lowest BCUT2D eigenvalue weighted by molar-refractivity contribution is 0.0954. The molecule has 6 nitrogen and oxygen atoms in total. The summed E-state index contributed by atoms with van der Waals surface area (Å²) in [4.78, 5) is 27.5. The number of urea groups is 1. The predicted molar refractivity (Wildman–Crippen MR) is 147 cm³/mol. The van der Waals surface area contributed by atoms with E-state index in [9.17, 15) is 14.0 Å². The Kier molecular flexibility index (Phi) is 8.17. The van der Waals surface area contributed by atoms with E-state index in [1.165, 1.54) is 17.7 Å². The molecule has 0 aromatic heterocycles. The summed E-state index contributed by atoms with van der Waals surface area (Å²) in [5, 5.41) is 9.27. The van der Waals surface area contributed by atoms with Gasteiger partial charge >= 0.3 is 6.03 Å². The maximum absolute atomic E-state index is 13.2. The van der Waals surface area contributed by atoms with Crippen molar-refractivity contribution in [1.29, 1.82) is 0 Å². The highest BCUT2D eigenvalue weighted by Gasteiger charge is 2.26. The molecular formula is C29H29Cl2FN4O2. The molecule has 3 aromatic rings.